The lowest BCUT2D eigenvalue weighted by Gasteiger charge is -2.27. The van der Waals surface area contributed by atoms with Crippen molar-refractivity contribution in [3.05, 3.63) is 188 Å². The Morgan fingerprint density at radius 3 is 1.23 bits per heavy atom. The summed E-state index contributed by atoms with van der Waals surface area (Å²) in [5.41, 5.74) is 5.67. The highest BCUT2D eigenvalue weighted by Gasteiger charge is 2.30. The van der Waals surface area contributed by atoms with Crippen molar-refractivity contribution in [3.8, 4) is 32.0 Å². The van der Waals surface area contributed by atoms with Crippen LogP contribution in [0, 0.1) is 0 Å². The van der Waals surface area contributed by atoms with Crippen LogP contribution in [-0.2, 0) is 22.7 Å². The van der Waals surface area contributed by atoms with Gasteiger partial charge < -0.3 is 20.4 Å². The number of hydrogen-bond acceptors (Lipinski definition) is 10. The van der Waals surface area contributed by atoms with Gasteiger partial charge >= 0.3 is 0 Å². The third-order valence-corrected chi connectivity index (χ3v) is 14.6. The highest BCUT2D eigenvalue weighted by molar-refractivity contribution is 7.15. The van der Waals surface area contributed by atoms with Crippen molar-refractivity contribution >= 4 is 69.0 Å². The second-order valence-electron chi connectivity index (χ2n) is 15.5. The molecule has 2 unspecified atom stereocenters. The topological polar surface area (TPSA) is 125 Å². The number of nitrogens with one attached hydrogen (secondary N) is 2. The summed E-state index contributed by atoms with van der Waals surface area (Å²) in [7, 11) is 0. The first kappa shape index (κ1) is 46.0. The molecule has 10 nitrogen and oxygen atoms in total. The number of thiophene rings is 2. The lowest BCUT2D eigenvalue weighted by atomic mass is 10.0. The fraction of sp³-hybridized carbons (Fsp3) is 0.192. The molecule has 4 heterocycles. The molecule has 0 saturated heterocycles. The molecule has 334 valence electrons. The van der Waals surface area contributed by atoms with Crippen molar-refractivity contribution in [2.45, 2.75) is 51.9 Å². The monoisotopic (exact) mass is 948 g/mol. The molecule has 0 radical (unpaired) electrons. The molecule has 2 N–H and O–H groups in total. The number of hydrogen-bond donors (Lipinski definition) is 2. The summed E-state index contributed by atoms with van der Waals surface area (Å²) in [6, 6.07) is 41.0. The molecule has 0 aliphatic carbocycles. The predicted octanol–water partition coefficient (Wildman–Crippen LogP) is 11.5. The highest BCUT2D eigenvalue weighted by Crippen LogP contribution is 2.33. The van der Waals surface area contributed by atoms with E-state index in [0.29, 0.717) is 35.9 Å². The van der Waals surface area contributed by atoms with Crippen LogP contribution in [0.1, 0.15) is 79.3 Å². The fourth-order valence-corrected chi connectivity index (χ4v) is 10.7. The standard InChI is InChI=1S/C52H48N6O4S4/c1-3-27-57(51(61)47(39-13-7-5-8-14-39)55-49(59)41-17-11-29-63-41)33-45-53-31-43(65-45)37-23-19-35(20-24-37)36-21-25-38(26-22-36)44-32-54-46(66-44)34-58(28-4-2)52(62)48(40-15-9-6-10-16-40)56-50(60)42-18-12-30-64-42/h5-26,29-32,47-48H,3-4,27-28,33-34H2,1-2H3,(H,55,59)(H,56,60). The molecule has 0 aliphatic rings. The molecular formula is C52H48N6O4S4. The second kappa shape index (κ2) is 22.1. The van der Waals surface area contributed by atoms with Gasteiger partial charge in [-0.15, -0.1) is 45.3 Å². The molecule has 8 aromatic rings. The molecule has 0 spiro atoms. The quantitative estimate of drug-likeness (QED) is 0.0832. The van der Waals surface area contributed by atoms with E-state index in [2.05, 4.69) is 59.2 Å². The molecular weight excluding hydrogens is 901 g/mol. The third-order valence-electron chi connectivity index (χ3n) is 10.8. The Labute approximate surface area is 400 Å². The lowest BCUT2D eigenvalue weighted by Crippen LogP contribution is -2.43. The summed E-state index contributed by atoms with van der Waals surface area (Å²) in [5, 5.41) is 11.3. The minimum atomic E-state index is -0.829. The zero-order valence-electron chi connectivity index (χ0n) is 36.5. The van der Waals surface area contributed by atoms with E-state index in [1.807, 2.05) is 110 Å². The van der Waals surface area contributed by atoms with Gasteiger partial charge in [0.25, 0.3) is 11.8 Å². The Morgan fingerprint density at radius 1 is 0.500 bits per heavy atom. The molecule has 14 heteroatoms. The van der Waals surface area contributed by atoms with Crippen LogP contribution in [0.3, 0.4) is 0 Å². The van der Waals surface area contributed by atoms with Gasteiger partial charge in [0, 0.05) is 25.5 Å². The molecule has 0 aliphatic heterocycles. The molecule has 4 aromatic heterocycles. The van der Waals surface area contributed by atoms with Crippen LogP contribution in [0.4, 0.5) is 0 Å². The zero-order valence-corrected chi connectivity index (χ0v) is 39.7. The van der Waals surface area contributed by atoms with Gasteiger partial charge in [-0.1, -0.05) is 135 Å². The maximum absolute atomic E-state index is 14.2. The number of nitrogens with zero attached hydrogens (tertiary/aromatic N) is 4. The van der Waals surface area contributed by atoms with Crippen molar-refractivity contribution in [2.24, 2.45) is 0 Å². The van der Waals surface area contributed by atoms with E-state index in [-0.39, 0.29) is 23.6 Å². The second-order valence-corrected chi connectivity index (χ2v) is 19.6. The van der Waals surface area contributed by atoms with E-state index in [4.69, 9.17) is 9.97 Å². The van der Waals surface area contributed by atoms with Crippen LogP contribution in [0.2, 0.25) is 0 Å². The largest absolute Gasteiger partial charge is 0.336 e. The fourth-order valence-electron chi connectivity index (χ4n) is 7.54. The molecule has 0 fully saturated rings. The van der Waals surface area contributed by atoms with Gasteiger partial charge in [-0.05, 0) is 69.1 Å². The van der Waals surface area contributed by atoms with Crippen molar-refractivity contribution in [1.29, 1.82) is 0 Å². The van der Waals surface area contributed by atoms with Gasteiger partial charge in [0.05, 0.1) is 32.6 Å². The maximum atomic E-state index is 14.2. The van der Waals surface area contributed by atoms with E-state index >= 15 is 0 Å². The van der Waals surface area contributed by atoms with Crippen LogP contribution in [0.15, 0.2) is 157 Å². The Hall–Kier alpha value is -6.58. The molecule has 4 amide bonds. The summed E-state index contributed by atoms with van der Waals surface area (Å²) in [6.45, 7) is 5.79. The molecule has 0 bridgehead atoms. The molecule has 2 atom stereocenters. The summed E-state index contributed by atoms with van der Waals surface area (Å²) in [6.07, 6.45) is 5.23. The summed E-state index contributed by atoms with van der Waals surface area (Å²) < 4.78 is 0. The van der Waals surface area contributed by atoms with Gasteiger partial charge in [-0.2, -0.15) is 0 Å². The van der Waals surface area contributed by atoms with E-state index in [9.17, 15) is 19.2 Å². The van der Waals surface area contributed by atoms with Crippen molar-refractivity contribution < 1.29 is 19.2 Å². The van der Waals surface area contributed by atoms with Gasteiger partial charge in [0.15, 0.2) is 0 Å². The SMILES string of the molecule is CCCN(Cc1ncc(-c2ccc(-c3ccc(-c4cnc(CN(CCC)C(=O)C(NC(=O)c5cccs5)c5ccccc5)s4)cc3)cc2)s1)C(=O)C(NC(=O)c1cccs1)c1ccccc1. The Bertz CT molecular complexity index is 2630. The number of rotatable bonds is 19. The number of thiazole rings is 2. The zero-order chi connectivity index (χ0) is 45.8. The van der Waals surface area contributed by atoms with E-state index in [1.165, 1.54) is 22.7 Å². The number of aromatic nitrogens is 2. The molecule has 8 rings (SSSR count). The molecule has 4 aromatic carbocycles. The van der Waals surface area contributed by atoms with Gasteiger partial charge in [-0.25, -0.2) is 9.97 Å². The number of carbonyl (C=O) groups is 4. The van der Waals surface area contributed by atoms with Gasteiger partial charge in [-0.3, -0.25) is 19.2 Å². The minimum absolute atomic E-state index is 0.174. The van der Waals surface area contributed by atoms with Crippen LogP contribution < -0.4 is 10.6 Å². The molecule has 0 saturated carbocycles. The van der Waals surface area contributed by atoms with Crippen LogP contribution in [0.5, 0.6) is 0 Å². The summed E-state index contributed by atoms with van der Waals surface area (Å²) >= 11 is 5.80. The first-order valence-electron chi connectivity index (χ1n) is 21.7. The van der Waals surface area contributed by atoms with Crippen molar-refractivity contribution in [3.63, 3.8) is 0 Å². The first-order valence-corrected chi connectivity index (χ1v) is 25.1. The smallest absolute Gasteiger partial charge is 0.262 e. The predicted molar refractivity (Wildman–Crippen MR) is 267 cm³/mol. The van der Waals surface area contributed by atoms with Gasteiger partial charge in [0.2, 0.25) is 11.8 Å². The van der Waals surface area contributed by atoms with Crippen LogP contribution in [0.25, 0.3) is 32.0 Å². The van der Waals surface area contributed by atoms with Crippen molar-refractivity contribution in [1.82, 2.24) is 30.4 Å². The van der Waals surface area contributed by atoms with Crippen LogP contribution in [-0.4, -0.2) is 56.5 Å². The van der Waals surface area contributed by atoms with E-state index in [1.54, 1.807) is 44.6 Å². The van der Waals surface area contributed by atoms with Gasteiger partial charge in [0.1, 0.15) is 22.1 Å². The van der Waals surface area contributed by atoms with E-state index in [0.717, 1.165) is 66.0 Å². The number of amides is 4. The number of benzene rings is 4. The molecule has 66 heavy (non-hydrogen) atoms. The van der Waals surface area contributed by atoms with E-state index < -0.39 is 12.1 Å². The Balaban J connectivity index is 0.911. The number of carbonyl (C=O) groups excluding carboxylic acids is 4. The average molecular weight is 949 g/mol. The minimum Gasteiger partial charge on any atom is -0.336 e. The lowest BCUT2D eigenvalue weighted by molar-refractivity contribution is -0.134. The normalized spacial score (nSPS) is 12.0. The third kappa shape index (κ3) is 11.3. The van der Waals surface area contributed by atoms with Crippen molar-refractivity contribution in [2.75, 3.05) is 13.1 Å². The summed E-state index contributed by atoms with van der Waals surface area (Å²) in [5.74, 6) is -0.899. The highest BCUT2D eigenvalue weighted by atomic mass is 32.1. The van der Waals surface area contributed by atoms with Crippen LogP contribution >= 0.6 is 45.3 Å². The maximum Gasteiger partial charge on any atom is 0.262 e. The Morgan fingerprint density at radius 2 is 0.879 bits per heavy atom. The first-order chi connectivity index (χ1) is 32.3. The summed E-state index contributed by atoms with van der Waals surface area (Å²) in [4.78, 5) is 70.7. The Kier molecular flexibility index (Phi) is 15.4. The average Bonchev–Trinajstić information content (AvgIpc) is 4.22.